The highest BCUT2D eigenvalue weighted by atomic mass is 32.2. The van der Waals surface area contributed by atoms with Gasteiger partial charge in [0.25, 0.3) is 5.89 Å². The van der Waals surface area contributed by atoms with Crippen molar-refractivity contribution in [2.75, 3.05) is 0 Å². The molecule has 2 aromatic heterocycles. The van der Waals surface area contributed by atoms with Gasteiger partial charge in [0.1, 0.15) is 11.5 Å². The number of alkyl halides is 3. The second-order valence-corrected chi connectivity index (χ2v) is 9.26. The second kappa shape index (κ2) is 7.94. The van der Waals surface area contributed by atoms with Gasteiger partial charge in [-0.2, -0.15) is 18.2 Å². The maximum Gasteiger partial charge on any atom is 0.416 e. The molecule has 6 nitrogen and oxygen atoms in total. The van der Waals surface area contributed by atoms with Crippen LogP contribution in [-0.2, 0) is 21.8 Å². The molecule has 2 aromatic carbocycles. The van der Waals surface area contributed by atoms with Gasteiger partial charge in [-0.15, -0.1) is 0 Å². The van der Waals surface area contributed by atoms with Gasteiger partial charge in [0.15, 0.2) is 15.6 Å². The minimum absolute atomic E-state index is 0.0188. The van der Waals surface area contributed by atoms with Gasteiger partial charge in [-0.05, 0) is 61.4 Å². The molecule has 0 fully saturated rings. The van der Waals surface area contributed by atoms with Crippen LogP contribution < -0.4 is 0 Å². The molecule has 0 atom stereocenters. The van der Waals surface area contributed by atoms with Crippen molar-refractivity contribution in [2.45, 2.75) is 30.7 Å². The van der Waals surface area contributed by atoms with Crippen molar-refractivity contribution in [3.8, 4) is 23.0 Å². The number of hydrogen-bond acceptors (Lipinski definition) is 6. The van der Waals surface area contributed by atoms with Crippen molar-refractivity contribution in [1.82, 2.24) is 10.1 Å². The van der Waals surface area contributed by atoms with Gasteiger partial charge in [0.2, 0.25) is 5.82 Å². The molecule has 0 radical (unpaired) electrons. The van der Waals surface area contributed by atoms with Gasteiger partial charge in [-0.1, -0.05) is 23.4 Å². The summed E-state index contributed by atoms with van der Waals surface area (Å²) >= 11 is 0. The molecule has 2 heterocycles. The van der Waals surface area contributed by atoms with Crippen molar-refractivity contribution in [3.63, 3.8) is 0 Å². The predicted octanol–water partition coefficient (Wildman–Crippen LogP) is 5.61. The molecule has 0 bridgehead atoms. The summed E-state index contributed by atoms with van der Waals surface area (Å²) in [4.78, 5) is 4.32. The molecule has 0 N–H and O–H groups in total. The monoisotopic (exact) mass is 462 g/mol. The Labute approximate surface area is 181 Å². The molecule has 0 saturated carbocycles. The Balaban J connectivity index is 1.53. The fourth-order valence-corrected chi connectivity index (χ4v) is 4.33. The van der Waals surface area contributed by atoms with Crippen LogP contribution in [0.4, 0.5) is 13.2 Å². The van der Waals surface area contributed by atoms with Gasteiger partial charge in [-0.25, -0.2) is 8.42 Å². The number of aromatic nitrogens is 2. The summed E-state index contributed by atoms with van der Waals surface area (Å²) in [6.07, 6.45) is -4.44. The van der Waals surface area contributed by atoms with Crippen molar-refractivity contribution in [2.24, 2.45) is 0 Å². The Morgan fingerprint density at radius 2 is 1.66 bits per heavy atom. The highest BCUT2D eigenvalue weighted by Gasteiger charge is 2.30. The maximum absolute atomic E-state index is 12.7. The van der Waals surface area contributed by atoms with Crippen LogP contribution in [0.15, 0.2) is 68.4 Å². The summed E-state index contributed by atoms with van der Waals surface area (Å²) in [5, 5.41) is 3.76. The van der Waals surface area contributed by atoms with Crippen LogP contribution in [0.1, 0.15) is 22.5 Å². The first-order valence-electron chi connectivity index (χ1n) is 9.43. The normalized spacial score (nSPS) is 12.3. The molecule has 166 valence electrons. The van der Waals surface area contributed by atoms with Crippen molar-refractivity contribution >= 4 is 9.84 Å². The van der Waals surface area contributed by atoms with E-state index in [4.69, 9.17) is 8.94 Å². The zero-order chi connectivity index (χ0) is 23.1. The Kier molecular flexibility index (Phi) is 5.41. The average molecular weight is 462 g/mol. The molecule has 4 rings (SSSR count). The SMILES string of the molecule is Cc1ccc(S(=O)(=O)Cc2ccc(-c3nc(-c4ccc(C(F)(F)F)cc4)no3)o2)cc1C. The Morgan fingerprint density at radius 1 is 0.938 bits per heavy atom. The second-order valence-electron chi connectivity index (χ2n) is 7.27. The fraction of sp³-hybridized carbons (Fsp3) is 0.182. The van der Waals surface area contributed by atoms with E-state index in [1.165, 1.54) is 24.3 Å². The highest BCUT2D eigenvalue weighted by Crippen LogP contribution is 2.31. The minimum Gasteiger partial charge on any atom is -0.455 e. The number of sulfone groups is 1. The Hall–Kier alpha value is -3.40. The van der Waals surface area contributed by atoms with Crippen LogP contribution in [-0.4, -0.2) is 18.6 Å². The maximum atomic E-state index is 12.7. The standard InChI is InChI=1S/C22H17F3N2O4S/c1-13-3-9-18(11-14(13)2)32(28,29)12-17-8-10-19(30-17)21-26-20(27-31-21)15-4-6-16(7-5-15)22(23,24)25/h3-11H,12H2,1-2H3. The van der Waals surface area contributed by atoms with Crippen LogP contribution in [0, 0.1) is 13.8 Å². The first-order chi connectivity index (χ1) is 15.0. The van der Waals surface area contributed by atoms with Crippen LogP contribution >= 0.6 is 0 Å². The number of aryl methyl sites for hydroxylation is 2. The summed E-state index contributed by atoms with van der Waals surface area (Å²) in [6.45, 7) is 3.73. The zero-order valence-corrected chi connectivity index (χ0v) is 17.8. The first kappa shape index (κ1) is 21.8. The first-order valence-corrected chi connectivity index (χ1v) is 11.1. The van der Waals surface area contributed by atoms with Crippen molar-refractivity contribution in [1.29, 1.82) is 0 Å². The molecule has 0 aliphatic heterocycles. The smallest absolute Gasteiger partial charge is 0.416 e. The van der Waals surface area contributed by atoms with E-state index in [9.17, 15) is 21.6 Å². The van der Waals surface area contributed by atoms with Crippen LogP contribution in [0.25, 0.3) is 23.0 Å². The van der Waals surface area contributed by atoms with E-state index in [0.29, 0.717) is 5.56 Å². The van der Waals surface area contributed by atoms with Crippen LogP contribution in [0.5, 0.6) is 0 Å². The summed E-state index contributed by atoms with van der Waals surface area (Å²) < 4.78 is 74.2. The van der Waals surface area contributed by atoms with E-state index in [2.05, 4.69) is 10.1 Å². The van der Waals surface area contributed by atoms with Crippen molar-refractivity contribution in [3.05, 3.63) is 77.0 Å². The van der Waals surface area contributed by atoms with Gasteiger partial charge >= 0.3 is 6.18 Å². The molecule has 10 heteroatoms. The molecule has 0 aliphatic rings. The summed E-state index contributed by atoms with van der Waals surface area (Å²) in [5.74, 6) is 0.0488. The molecule has 4 aromatic rings. The largest absolute Gasteiger partial charge is 0.455 e. The number of nitrogens with zero attached hydrogens (tertiary/aromatic N) is 2. The van der Waals surface area contributed by atoms with Crippen LogP contribution in [0.3, 0.4) is 0 Å². The molecular weight excluding hydrogens is 445 g/mol. The Bertz CT molecular complexity index is 1370. The molecule has 0 amide bonds. The zero-order valence-electron chi connectivity index (χ0n) is 17.0. The third kappa shape index (κ3) is 4.45. The number of halogens is 3. The summed E-state index contributed by atoms with van der Waals surface area (Å²) in [7, 11) is -3.63. The number of rotatable bonds is 5. The summed E-state index contributed by atoms with van der Waals surface area (Å²) in [5.41, 5.74) is 1.40. The third-order valence-electron chi connectivity index (χ3n) is 4.94. The fourth-order valence-electron chi connectivity index (χ4n) is 3.00. The number of furan rings is 1. The lowest BCUT2D eigenvalue weighted by Gasteiger charge is -2.06. The third-order valence-corrected chi connectivity index (χ3v) is 6.58. The molecule has 0 spiro atoms. The van der Waals surface area contributed by atoms with E-state index in [1.54, 1.807) is 18.2 Å². The van der Waals surface area contributed by atoms with E-state index >= 15 is 0 Å². The molecular formula is C22H17F3N2O4S. The molecule has 32 heavy (non-hydrogen) atoms. The Morgan fingerprint density at radius 3 is 2.31 bits per heavy atom. The lowest BCUT2D eigenvalue weighted by atomic mass is 10.1. The number of hydrogen-bond donors (Lipinski definition) is 0. The average Bonchev–Trinajstić information content (AvgIpc) is 3.39. The minimum atomic E-state index is -4.44. The van der Waals surface area contributed by atoms with Crippen LogP contribution in [0.2, 0.25) is 0 Å². The quantitative estimate of drug-likeness (QED) is 0.383. The van der Waals surface area contributed by atoms with E-state index < -0.39 is 21.6 Å². The van der Waals surface area contributed by atoms with Gasteiger partial charge in [-0.3, -0.25) is 0 Å². The van der Waals surface area contributed by atoms with Gasteiger partial charge in [0, 0.05) is 5.56 Å². The molecule has 0 unspecified atom stereocenters. The molecule has 0 aliphatic carbocycles. The van der Waals surface area contributed by atoms with E-state index in [0.717, 1.165) is 23.3 Å². The van der Waals surface area contributed by atoms with Gasteiger partial charge in [0.05, 0.1) is 10.5 Å². The lowest BCUT2D eigenvalue weighted by Crippen LogP contribution is -2.05. The highest BCUT2D eigenvalue weighted by molar-refractivity contribution is 7.90. The lowest BCUT2D eigenvalue weighted by molar-refractivity contribution is -0.137. The topological polar surface area (TPSA) is 86.2 Å². The van der Waals surface area contributed by atoms with E-state index in [-0.39, 0.29) is 33.9 Å². The molecule has 0 saturated heterocycles. The summed E-state index contributed by atoms with van der Waals surface area (Å²) in [6, 6.07) is 12.2. The van der Waals surface area contributed by atoms with Crippen molar-refractivity contribution < 1.29 is 30.5 Å². The van der Waals surface area contributed by atoms with E-state index in [1.807, 2.05) is 13.8 Å². The van der Waals surface area contributed by atoms with Gasteiger partial charge < -0.3 is 8.94 Å². The number of benzene rings is 2. The predicted molar refractivity (Wildman–Crippen MR) is 109 cm³/mol.